The monoisotopic (exact) mass is 422 g/mol. The number of benzene rings is 1. The van der Waals surface area contributed by atoms with E-state index < -0.39 is 32.8 Å². The van der Waals surface area contributed by atoms with Crippen LogP contribution in [0.1, 0.15) is 0 Å². The number of rotatable bonds is 4. The number of aromatic nitrogens is 2. The van der Waals surface area contributed by atoms with Crippen LogP contribution >= 0.6 is 0 Å². The van der Waals surface area contributed by atoms with Gasteiger partial charge in [0.1, 0.15) is 17.8 Å². The first kappa shape index (κ1) is 19.1. The first-order chi connectivity index (χ1) is 11.9. The van der Waals surface area contributed by atoms with E-state index in [-0.39, 0.29) is 34.3 Å². The first-order valence-corrected chi connectivity index (χ1v) is 7.04. The summed E-state index contributed by atoms with van der Waals surface area (Å²) in [5, 5.41) is 13.2. The summed E-state index contributed by atoms with van der Waals surface area (Å²) in [6.45, 7) is -0.174. The van der Waals surface area contributed by atoms with Crippen LogP contribution in [0.25, 0.3) is 10.8 Å². The van der Waals surface area contributed by atoms with Crippen molar-refractivity contribution in [3.63, 3.8) is 0 Å². The number of hydrogen-bond acceptors (Lipinski definition) is 7. The van der Waals surface area contributed by atoms with Gasteiger partial charge >= 0.3 is 5.97 Å². The predicted molar refractivity (Wildman–Crippen MR) is 82.8 cm³/mol. The van der Waals surface area contributed by atoms with E-state index in [1.807, 2.05) is 0 Å². The summed E-state index contributed by atoms with van der Waals surface area (Å²) in [5.74, 6) is -0.797. The standard InChI is InChI=1S/C15H11N4O6.BrH/c1-17-5-6-18(8-17)7-11(20)25-16-13-14(21)9-3-2-4-10(19(23)24)12(9)15(13)22;/h2-6,8H,7H2,1H3;1H/q+1;/p-1/b16-13+;. The van der Waals surface area contributed by atoms with Crippen molar-refractivity contribution in [2.24, 2.45) is 12.2 Å². The van der Waals surface area contributed by atoms with E-state index >= 15 is 0 Å². The molecule has 1 heterocycles. The average Bonchev–Trinajstić information content (AvgIpc) is 3.08. The van der Waals surface area contributed by atoms with Crippen molar-refractivity contribution in [2.75, 3.05) is 0 Å². The Morgan fingerprint density at radius 2 is 2.08 bits per heavy atom. The second-order valence-electron chi connectivity index (χ2n) is 5.27. The fourth-order valence-electron chi connectivity index (χ4n) is 2.42. The summed E-state index contributed by atoms with van der Waals surface area (Å²) >= 11 is 0. The summed E-state index contributed by atoms with van der Waals surface area (Å²) in [4.78, 5) is 51.0. The maximum absolute atomic E-state index is 12.3. The van der Waals surface area contributed by atoms with Gasteiger partial charge in [-0.25, -0.2) is 13.9 Å². The van der Waals surface area contributed by atoms with Gasteiger partial charge in [0, 0.05) is 11.5 Å². The highest BCUT2D eigenvalue weighted by Crippen LogP contribution is 2.18. The number of halogens is 1. The van der Waals surface area contributed by atoms with Gasteiger partial charge in [-0.1, -0.05) is 11.2 Å². The molecule has 2 aromatic carbocycles. The molecule has 0 bridgehead atoms. The molecule has 26 heavy (non-hydrogen) atoms. The zero-order valence-electron chi connectivity index (χ0n) is 13.3. The van der Waals surface area contributed by atoms with Gasteiger partial charge in [-0.3, -0.25) is 19.7 Å². The molecule has 3 aromatic rings. The van der Waals surface area contributed by atoms with Crippen LogP contribution in [0.5, 0.6) is 0 Å². The minimum atomic E-state index is -0.938. The third kappa shape index (κ3) is 3.42. The van der Waals surface area contributed by atoms with Crippen molar-refractivity contribution >= 4 is 22.4 Å². The van der Waals surface area contributed by atoms with Gasteiger partial charge < -0.3 is 21.8 Å². The van der Waals surface area contributed by atoms with Gasteiger partial charge in [-0.05, 0) is 6.07 Å². The van der Waals surface area contributed by atoms with E-state index in [4.69, 9.17) is 0 Å². The Morgan fingerprint density at radius 3 is 2.69 bits per heavy atom. The minimum Gasteiger partial charge on any atom is -1.00 e. The second kappa shape index (κ2) is 7.35. The van der Waals surface area contributed by atoms with Gasteiger partial charge in [0.25, 0.3) is 5.69 Å². The number of carbonyl (C=O) groups excluding carboxylic acids is 1. The van der Waals surface area contributed by atoms with Crippen molar-refractivity contribution in [2.45, 2.75) is 6.54 Å². The molecular weight excluding hydrogens is 412 g/mol. The van der Waals surface area contributed by atoms with E-state index in [1.165, 1.54) is 16.7 Å². The highest BCUT2D eigenvalue weighted by Gasteiger charge is 2.21. The summed E-state index contributed by atoms with van der Waals surface area (Å²) in [7, 11) is 1.77. The topological polar surface area (TPSA) is 125 Å². The fraction of sp³-hybridized carbons (Fsp3) is 0.133. The van der Waals surface area contributed by atoms with Gasteiger partial charge in [-0.2, -0.15) is 0 Å². The Hall–Kier alpha value is -3.21. The Bertz CT molecular complexity index is 1160. The third-order valence-electron chi connectivity index (χ3n) is 3.52. The number of nitrogens with zero attached hydrogens (tertiary/aromatic N) is 4. The van der Waals surface area contributed by atoms with Gasteiger partial charge in [0.15, 0.2) is 11.9 Å². The molecule has 10 nitrogen and oxygen atoms in total. The first-order valence-electron chi connectivity index (χ1n) is 7.04. The molecule has 0 radical (unpaired) electrons. The molecule has 0 aliphatic rings. The van der Waals surface area contributed by atoms with Gasteiger partial charge in [0.2, 0.25) is 17.2 Å². The van der Waals surface area contributed by atoms with E-state index in [0.29, 0.717) is 0 Å². The van der Waals surface area contributed by atoms with Crippen LogP contribution < -0.4 is 37.8 Å². The molecule has 0 saturated heterocycles. The Balaban J connectivity index is 0.00000243. The van der Waals surface area contributed by atoms with Gasteiger partial charge in [0.05, 0.1) is 12.0 Å². The molecule has 3 rings (SSSR count). The SMILES string of the molecule is C[n+]1ccn(CC(=O)O/N=c2\c(=O)c3cccc([N+](=O)[O-])c3c2=O)c1.[Br-]. The number of nitro benzene ring substituents is 1. The maximum atomic E-state index is 12.3. The molecule has 0 unspecified atom stereocenters. The van der Waals surface area contributed by atoms with Crippen molar-refractivity contribution in [3.8, 4) is 0 Å². The zero-order chi connectivity index (χ0) is 18.1. The van der Waals surface area contributed by atoms with E-state index in [1.54, 1.807) is 30.3 Å². The number of nitro groups is 1. The largest absolute Gasteiger partial charge is 1.00 e. The van der Waals surface area contributed by atoms with Crippen molar-refractivity contribution < 1.29 is 36.1 Å². The molecular formula is C15H11BrN4O6. The van der Waals surface area contributed by atoms with Crippen LogP contribution in [0.3, 0.4) is 0 Å². The van der Waals surface area contributed by atoms with Crippen LogP contribution in [0.15, 0.2) is 51.7 Å². The molecule has 0 amide bonds. The lowest BCUT2D eigenvalue weighted by atomic mass is 10.2. The molecule has 0 aliphatic carbocycles. The molecule has 0 atom stereocenters. The number of carbonyl (C=O) groups is 1. The summed E-state index contributed by atoms with van der Waals surface area (Å²) in [6.07, 6.45) is 4.96. The van der Waals surface area contributed by atoms with E-state index in [9.17, 15) is 24.5 Å². The lowest BCUT2D eigenvalue weighted by molar-refractivity contribution is -0.671. The summed E-state index contributed by atoms with van der Waals surface area (Å²) in [5.41, 5.74) is -2.25. The molecule has 0 N–H and O–H groups in total. The lowest BCUT2D eigenvalue weighted by Gasteiger charge is -1.93. The van der Waals surface area contributed by atoms with Crippen molar-refractivity contribution in [3.05, 3.63) is 72.8 Å². The van der Waals surface area contributed by atoms with Crippen LogP contribution in [-0.2, 0) is 23.2 Å². The minimum absolute atomic E-state index is 0. The predicted octanol–water partition coefficient (Wildman–Crippen LogP) is -3.97. The maximum Gasteiger partial charge on any atom is 0.376 e. The number of fused-ring (bicyclic) bond motifs is 1. The zero-order valence-corrected chi connectivity index (χ0v) is 14.9. The van der Waals surface area contributed by atoms with Crippen molar-refractivity contribution in [1.82, 2.24) is 4.57 Å². The number of non-ortho nitro benzene ring substituents is 1. The molecule has 0 spiro atoms. The normalized spacial score (nSPS) is 11.3. The number of hydrogen-bond donors (Lipinski definition) is 0. The summed E-state index contributed by atoms with van der Waals surface area (Å²) < 4.78 is 3.22. The quantitative estimate of drug-likeness (QED) is 0.183. The van der Waals surface area contributed by atoms with E-state index in [2.05, 4.69) is 9.99 Å². The Labute approximate surface area is 155 Å². The Morgan fingerprint density at radius 1 is 1.35 bits per heavy atom. The number of imidazole rings is 1. The number of aryl methyl sites for hydroxylation is 1. The van der Waals surface area contributed by atoms with E-state index in [0.717, 1.165) is 6.07 Å². The lowest BCUT2D eigenvalue weighted by Crippen LogP contribution is -3.00. The third-order valence-corrected chi connectivity index (χ3v) is 3.52. The molecule has 0 saturated carbocycles. The molecule has 11 heteroatoms. The average molecular weight is 423 g/mol. The molecule has 0 fully saturated rings. The second-order valence-corrected chi connectivity index (χ2v) is 5.27. The van der Waals surface area contributed by atoms with Crippen LogP contribution in [0, 0.1) is 10.1 Å². The fourth-order valence-corrected chi connectivity index (χ4v) is 2.42. The van der Waals surface area contributed by atoms with Crippen molar-refractivity contribution in [1.29, 1.82) is 0 Å². The highest BCUT2D eigenvalue weighted by molar-refractivity contribution is 5.91. The van der Waals surface area contributed by atoms with Crippen LogP contribution in [0.4, 0.5) is 5.69 Å². The molecule has 0 aliphatic heterocycles. The highest BCUT2D eigenvalue weighted by atomic mass is 79.9. The molecule has 134 valence electrons. The van der Waals surface area contributed by atoms with Gasteiger partial charge in [-0.15, -0.1) is 0 Å². The van der Waals surface area contributed by atoms with Crippen LogP contribution in [-0.4, -0.2) is 15.5 Å². The van der Waals surface area contributed by atoms with Crippen LogP contribution in [0.2, 0.25) is 0 Å². The smallest absolute Gasteiger partial charge is 0.376 e. The molecule has 1 aromatic heterocycles. The Kier molecular flexibility index (Phi) is 5.41. The summed E-state index contributed by atoms with van der Waals surface area (Å²) in [6, 6.07) is 3.70.